The van der Waals surface area contributed by atoms with Gasteiger partial charge in [-0.1, -0.05) is 0 Å². The molecular weight excluding hydrogens is 119 g/mol. The lowest BCUT2D eigenvalue weighted by Crippen LogP contribution is -2.35. The fourth-order valence-electron chi connectivity index (χ4n) is 1.71. The van der Waals surface area contributed by atoms with E-state index in [0.717, 1.165) is 12.8 Å². The highest BCUT2D eigenvalue weighted by atomic mass is 19.1. The second-order valence-electron chi connectivity index (χ2n) is 3.15. The lowest BCUT2D eigenvalue weighted by molar-refractivity contribution is -0.0565. The molecule has 0 aromatic rings. The third kappa shape index (κ3) is 0.767. The summed E-state index contributed by atoms with van der Waals surface area (Å²) in [4.78, 5) is 0. The fraction of sp³-hybridized carbons (Fsp3) is 1.00. The van der Waals surface area contributed by atoms with Gasteiger partial charge < -0.3 is 4.74 Å². The molecule has 1 aliphatic carbocycles. The van der Waals surface area contributed by atoms with Crippen LogP contribution in [0.1, 0.15) is 25.7 Å². The lowest BCUT2D eigenvalue weighted by Gasteiger charge is -2.36. The van der Waals surface area contributed by atoms with Crippen molar-refractivity contribution in [1.82, 2.24) is 0 Å². The van der Waals surface area contributed by atoms with E-state index in [1.165, 1.54) is 6.42 Å². The minimum Gasteiger partial charge on any atom is -0.372 e. The molecule has 1 saturated carbocycles. The van der Waals surface area contributed by atoms with Crippen LogP contribution < -0.4 is 0 Å². The van der Waals surface area contributed by atoms with Gasteiger partial charge in [-0.05, 0) is 19.3 Å². The molecule has 1 heterocycles. The monoisotopic (exact) mass is 130 g/mol. The SMILES string of the molecule is F[C@H]1COC2(CCC2)C1. The van der Waals surface area contributed by atoms with E-state index in [-0.39, 0.29) is 5.60 Å². The van der Waals surface area contributed by atoms with Crippen molar-refractivity contribution in [1.29, 1.82) is 0 Å². The summed E-state index contributed by atoms with van der Waals surface area (Å²) in [5, 5.41) is 0. The molecule has 0 aromatic heterocycles. The van der Waals surface area contributed by atoms with Crippen LogP contribution in [0.15, 0.2) is 0 Å². The first-order valence-corrected chi connectivity index (χ1v) is 3.59. The van der Waals surface area contributed by atoms with Crippen LogP contribution in [0.2, 0.25) is 0 Å². The molecule has 1 aliphatic heterocycles. The normalized spacial score (nSPS) is 39.0. The molecule has 2 heteroatoms. The molecule has 2 fully saturated rings. The molecule has 52 valence electrons. The van der Waals surface area contributed by atoms with E-state index in [1.807, 2.05) is 0 Å². The highest BCUT2D eigenvalue weighted by Gasteiger charge is 2.45. The number of hydrogen-bond donors (Lipinski definition) is 0. The van der Waals surface area contributed by atoms with Crippen LogP contribution in [-0.4, -0.2) is 18.4 Å². The van der Waals surface area contributed by atoms with Crippen LogP contribution in [0.3, 0.4) is 0 Å². The van der Waals surface area contributed by atoms with E-state index < -0.39 is 6.17 Å². The molecule has 1 spiro atoms. The Kier molecular flexibility index (Phi) is 1.06. The molecule has 9 heavy (non-hydrogen) atoms. The zero-order valence-corrected chi connectivity index (χ0v) is 5.40. The van der Waals surface area contributed by atoms with Gasteiger partial charge in [-0.3, -0.25) is 0 Å². The van der Waals surface area contributed by atoms with Crippen molar-refractivity contribution < 1.29 is 9.13 Å². The van der Waals surface area contributed by atoms with Gasteiger partial charge in [0.25, 0.3) is 0 Å². The molecule has 2 rings (SSSR count). The summed E-state index contributed by atoms with van der Waals surface area (Å²) in [5.74, 6) is 0. The van der Waals surface area contributed by atoms with Crippen LogP contribution in [-0.2, 0) is 4.74 Å². The zero-order chi connectivity index (χ0) is 6.32. The second kappa shape index (κ2) is 1.69. The standard InChI is InChI=1S/C7H11FO/c8-6-4-7(9-5-6)2-1-3-7/h6H,1-5H2/t6-/m1/s1. The minimum absolute atomic E-state index is 0.0133. The van der Waals surface area contributed by atoms with E-state index in [0.29, 0.717) is 13.0 Å². The molecule has 1 atom stereocenters. The topological polar surface area (TPSA) is 9.23 Å². The molecule has 2 aliphatic rings. The molecule has 1 nitrogen and oxygen atoms in total. The zero-order valence-electron chi connectivity index (χ0n) is 5.40. The summed E-state index contributed by atoms with van der Waals surface area (Å²) in [6, 6.07) is 0. The van der Waals surface area contributed by atoms with Gasteiger partial charge in [-0.25, -0.2) is 4.39 Å². The maximum absolute atomic E-state index is 12.5. The van der Waals surface area contributed by atoms with Crippen molar-refractivity contribution in [2.75, 3.05) is 6.61 Å². The Hall–Kier alpha value is -0.110. The number of ether oxygens (including phenoxy) is 1. The Morgan fingerprint density at radius 3 is 2.44 bits per heavy atom. The Labute approximate surface area is 54.2 Å². The summed E-state index contributed by atoms with van der Waals surface area (Å²) < 4.78 is 17.8. The fourth-order valence-corrected chi connectivity index (χ4v) is 1.71. The summed E-state index contributed by atoms with van der Waals surface area (Å²) >= 11 is 0. The van der Waals surface area contributed by atoms with Crippen molar-refractivity contribution in [2.24, 2.45) is 0 Å². The van der Waals surface area contributed by atoms with Crippen LogP contribution in [0.5, 0.6) is 0 Å². The predicted molar refractivity (Wildman–Crippen MR) is 32.0 cm³/mol. The van der Waals surface area contributed by atoms with Gasteiger partial charge in [0.1, 0.15) is 6.17 Å². The van der Waals surface area contributed by atoms with Crippen molar-refractivity contribution in [3.05, 3.63) is 0 Å². The molecule has 1 saturated heterocycles. The van der Waals surface area contributed by atoms with Crippen LogP contribution in [0.4, 0.5) is 4.39 Å². The summed E-state index contributed by atoms with van der Waals surface area (Å²) in [6.45, 7) is 0.347. The maximum atomic E-state index is 12.5. The van der Waals surface area contributed by atoms with Gasteiger partial charge in [0.05, 0.1) is 12.2 Å². The molecule has 0 aromatic carbocycles. The molecule has 0 N–H and O–H groups in total. The molecule has 0 amide bonds. The van der Waals surface area contributed by atoms with Gasteiger partial charge >= 0.3 is 0 Å². The number of alkyl halides is 1. The van der Waals surface area contributed by atoms with E-state index in [2.05, 4.69) is 0 Å². The highest BCUT2D eigenvalue weighted by Crippen LogP contribution is 2.43. The third-order valence-corrected chi connectivity index (χ3v) is 2.43. The Morgan fingerprint density at radius 2 is 2.22 bits per heavy atom. The van der Waals surface area contributed by atoms with Crippen molar-refractivity contribution >= 4 is 0 Å². The van der Waals surface area contributed by atoms with Crippen molar-refractivity contribution in [3.8, 4) is 0 Å². The predicted octanol–water partition coefficient (Wildman–Crippen LogP) is 1.67. The van der Waals surface area contributed by atoms with Crippen LogP contribution in [0, 0.1) is 0 Å². The van der Waals surface area contributed by atoms with E-state index in [9.17, 15) is 4.39 Å². The third-order valence-electron chi connectivity index (χ3n) is 2.43. The van der Waals surface area contributed by atoms with E-state index in [4.69, 9.17) is 4.74 Å². The summed E-state index contributed by atoms with van der Waals surface area (Å²) in [5.41, 5.74) is 0.0133. The average Bonchev–Trinajstić information content (AvgIpc) is 2.09. The Morgan fingerprint density at radius 1 is 1.44 bits per heavy atom. The minimum atomic E-state index is -0.676. The van der Waals surface area contributed by atoms with Gasteiger partial charge in [0.2, 0.25) is 0 Å². The highest BCUT2D eigenvalue weighted by molar-refractivity contribution is 4.95. The van der Waals surface area contributed by atoms with Gasteiger partial charge in [-0.15, -0.1) is 0 Å². The van der Waals surface area contributed by atoms with Crippen LogP contribution >= 0.6 is 0 Å². The molecule has 0 unspecified atom stereocenters. The largest absolute Gasteiger partial charge is 0.372 e. The number of halogens is 1. The van der Waals surface area contributed by atoms with E-state index in [1.54, 1.807) is 0 Å². The Balaban J connectivity index is 1.99. The molecule has 0 bridgehead atoms. The maximum Gasteiger partial charge on any atom is 0.126 e. The second-order valence-corrected chi connectivity index (χ2v) is 3.15. The van der Waals surface area contributed by atoms with Gasteiger partial charge in [0, 0.05) is 6.42 Å². The first-order valence-electron chi connectivity index (χ1n) is 3.59. The number of hydrogen-bond acceptors (Lipinski definition) is 1. The van der Waals surface area contributed by atoms with Gasteiger partial charge in [-0.2, -0.15) is 0 Å². The quantitative estimate of drug-likeness (QED) is 0.484. The first kappa shape index (κ1) is 5.66. The molecule has 0 radical (unpaired) electrons. The van der Waals surface area contributed by atoms with Gasteiger partial charge in [0.15, 0.2) is 0 Å². The van der Waals surface area contributed by atoms with E-state index >= 15 is 0 Å². The van der Waals surface area contributed by atoms with Crippen molar-refractivity contribution in [2.45, 2.75) is 37.5 Å². The van der Waals surface area contributed by atoms with Crippen molar-refractivity contribution in [3.63, 3.8) is 0 Å². The first-order chi connectivity index (χ1) is 4.31. The number of rotatable bonds is 0. The summed E-state index contributed by atoms with van der Waals surface area (Å²) in [7, 11) is 0. The summed E-state index contributed by atoms with van der Waals surface area (Å²) in [6.07, 6.45) is 3.39. The Bertz CT molecular complexity index is 120. The lowest BCUT2D eigenvalue weighted by atomic mass is 9.78. The molecular formula is C7H11FO. The smallest absolute Gasteiger partial charge is 0.126 e. The average molecular weight is 130 g/mol. The van der Waals surface area contributed by atoms with Crippen LogP contribution in [0.25, 0.3) is 0 Å².